The first-order chi connectivity index (χ1) is 17.0. The normalized spacial score (nSPS) is 28.0. The van der Waals surface area contributed by atoms with Gasteiger partial charge in [-0.25, -0.2) is 15.0 Å². The molecular formula is C27H33BrN6O2. The summed E-state index contributed by atoms with van der Waals surface area (Å²) >= 11 is 3.47. The Hall–Kier alpha value is -2.49. The van der Waals surface area contributed by atoms with Crippen LogP contribution in [0.25, 0.3) is 10.9 Å². The summed E-state index contributed by atoms with van der Waals surface area (Å²) in [6, 6.07) is 8.65. The highest BCUT2D eigenvalue weighted by Crippen LogP contribution is 2.50. The van der Waals surface area contributed by atoms with Crippen LogP contribution in [0.15, 0.2) is 35.1 Å². The highest BCUT2D eigenvalue weighted by Gasteiger charge is 2.57. The Morgan fingerprint density at radius 3 is 2.64 bits per heavy atom. The monoisotopic (exact) mass is 552 g/mol. The van der Waals surface area contributed by atoms with E-state index in [1.165, 1.54) is 5.56 Å². The van der Waals surface area contributed by atoms with Crippen molar-refractivity contribution in [3.8, 4) is 0 Å². The SMILES string of the molecule is CC1(C)O[C@@H]2[C@@H](CCc3ccc4cc(Br)c(N)nc4c3)C[C@@H](N3CC(C)(C)c4c(N)ncnc43)[C@@H]2O1. The van der Waals surface area contributed by atoms with Gasteiger partial charge in [-0.15, -0.1) is 0 Å². The van der Waals surface area contributed by atoms with Crippen molar-refractivity contribution in [2.24, 2.45) is 5.92 Å². The second-order valence-electron chi connectivity index (χ2n) is 11.5. The fraction of sp³-hybridized carbons (Fsp3) is 0.519. The van der Waals surface area contributed by atoms with E-state index < -0.39 is 5.79 Å². The van der Waals surface area contributed by atoms with Crippen LogP contribution in [0.1, 0.15) is 51.7 Å². The number of rotatable bonds is 4. The van der Waals surface area contributed by atoms with Gasteiger partial charge in [0.25, 0.3) is 0 Å². The maximum atomic E-state index is 6.51. The molecule has 190 valence electrons. The second-order valence-corrected chi connectivity index (χ2v) is 12.4. The fourth-order valence-corrected chi connectivity index (χ4v) is 6.80. The van der Waals surface area contributed by atoms with Gasteiger partial charge in [0.15, 0.2) is 5.79 Å². The number of ether oxygens (including phenoxy) is 2. The number of nitrogen functional groups attached to an aromatic ring is 2. The Labute approximate surface area is 219 Å². The van der Waals surface area contributed by atoms with Crippen LogP contribution in [0, 0.1) is 5.92 Å². The van der Waals surface area contributed by atoms with Gasteiger partial charge in [-0.05, 0) is 72.7 Å². The number of nitrogens with two attached hydrogens (primary N) is 2. The first-order valence-electron chi connectivity index (χ1n) is 12.6. The molecule has 3 aromatic rings. The topological polar surface area (TPSA) is 112 Å². The number of aryl methyl sites for hydroxylation is 1. The van der Waals surface area contributed by atoms with E-state index in [1.54, 1.807) is 6.33 Å². The van der Waals surface area contributed by atoms with Crippen molar-refractivity contribution >= 4 is 44.3 Å². The van der Waals surface area contributed by atoms with Gasteiger partial charge in [0.05, 0.1) is 22.1 Å². The van der Waals surface area contributed by atoms with Gasteiger partial charge in [-0.3, -0.25) is 0 Å². The molecule has 4 heterocycles. The van der Waals surface area contributed by atoms with Gasteiger partial charge in [0.2, 0.25) is 0 Å². The van der Waals surface area contributed by atoms with E-state index in [1.807, 2.05) is 19.9 Å². The summed E-state index contributed by atoms with van der Waals surface area (Å²) in [5.74, 6) is 1.78. The third-order valence-corrected chi connectivity index (χ3v) is 8.62. The molecule has 0 amide bonds. The molecule has 0 bridgehead atoms. The molecular weight excluding hydrogens is 520 g/mol. The number of aromatic nitrogens is 3. The molecule has 36 heavy (non-hydrogen) atoms. The number of pyridine rings is 1. The van der Waals surface area contributed by atoms with Crippen LogP contribution in [0.3, 0.4) is 0 Å². The van der Waals surface area contributed by atoms with Crippen LogP contribution in [-0.2, 0) is 21.3 Å². The summed E-state index contributed by atoms with van der Waals surface area (Å²) in [6.07, 6.45) is 4.53. The van der Waals surface area contributed by atoms with Crippen LogP contribution in [-0.4, -0.2) is 45.5 Å². The lowest BCUT2D eigenvalue weighted by Crippen LogP contribution is -2.44. The van der Waals surface area contributed by atoms with Crippen molar-refractivity contribution in [1.29, 1.82) is 0 Å². The second kappa shape index (κ2) is 8.26. The lowest BCUT2D eigenvalue weighted by Gasteiger charge is -2.32. The van der Waals surface area contributed by atoms with Crippen molar-refractivity contribution < 1.29 is 9.47 Å². The third-order valence-electron chi connectivity index (χ3n) is 7.99. The van der Waals surface area contributed by atoms with Crippen LogP contribution in [0.5, 0.6) is 0 Å². The Kier molecular flexibility index (Phi) is 5.48. The maximum absolute atomic E-state index is 6.51. The molecule has 4 N–H and O–H groups in total. The van der Waals surface area contributed by atoms with Gasteiger partial charge < -0.3 is 25.8 Å². The number of hydrogen-bond donors (Lipinski definition) is 2. The van der Waals surface area contributed by atoms with Crippen LogP contribution in [0.4, 0.5) is 17.5 Å². The zero-order valence-electron chi connectivity index (χ0n) is 21.2. The molecule has 3 aliphatic rings. The van der Waals surface area contributed by atoms with Gasteiger partial charge in [-0.1, -0.05) is 26.0 Å². The van der Waals surface area contributed by atoms with Crippen molar-refractivity contribution in [2.75, 3.05) is 22.9 Å². The number of nitrogens with zero attached hydrogens (tertiary/aromatic N) is 4. The van der Waals surface area contributed by atoms with E-state index in [0.717, 1.165) is 52.6 Å². The lowest BCUT2D eigenvalue weighted by atomic mass is 9.88. The van der Waals surface area contributed by atoms with Crippen LogP contribution in [0.2, 0.25) is 0 Å². The predicted molar refractivity (Wildman–Crippen MR) is 145 cm³/mol. The summed E-state index contributed by atoms with van der Waals surface area (Å²) in [6.45, 7) is 9.29. The van der Waals surface area contributed by atoms with Gasteiger partial charge >= 0.3 is 0 Å². The van der Waals surface area contributed by atoms with Crippen molar-refractivity contribution in [3.05, 3.63) is 46.2 Å². The van der Waals surface area contributed by atoms with Crippen LogP contribution < -0.4 is 16.4 Å². The minimum absolute atomic E-state index is 0.0154. The first-order valence-corrected chi connectivity index (χ1v) is 13.4. The molecule has 2 aliphatic heterocycles. The van der Waals surface area contributed by atoms with Crippen molar-refractivity contribution in [1.82, 2.24) is 15.0 Å². The smallest absolute Gasteiger partial charge is 0.163 e. The number of fused-ring (bicyclic) bond motifs is 3. The minimum Gasteiger partial charge on any atom is -0.383 e. The average molecular weight is 554 g/mol. The standard InChI is InChI=1S/C27H33BrN6O2/c1-26(2)12-34(25-20(26)24(30)31-13-32-25)19-11-16(21-22(19)36-27(3,4)35-21)8-6-14-5-7-15-10-17(28)23(29)33-18(15)9-14/h5,7,9-10,13,16,19,21-22H,6,8,11-12H2,1-4H3,(H2,29,33)(H2,30,31,32)/t16-,19+,21+,22-/m0/s1. The van der Waals surface area contributed by atoms with E-state index in [-0.39, 0.29) is 23.7 Å². The van der Waals surface area contributed by atoms with E-state index in [2.05, 4.69) is 67.8 Å². The molecule has 1 saturated heterocycles. The number of halogens is 1. The predicted octanol–water partition coefficient (Wildman–Crippen LogP) is 4.59. The summed E-state index contributed by atoms with van der Waals surface area (Å²) in [7, 11) is 0. The van der Waals surface area contributed by atoms with Gasteiger partial charge in [0.1, 0.15) is 29.9 Å². The minimum atomic E-state index is -0.604. The average Bonchev–Trinajstić information content (AvgIpc) is 3.39. The largest absolute Gasteiger partial charge is 0.383 e. The molecule has 8 nitrogen and oxygen atoms in total. The number of benzene rings is 1. The maximum Gasteiger partial charge on any atom is 0.163 e. The zero-order valence-corrected chi connectivity index (χ0v) is 22.7. The lowest BCUT2D eigenvalue weighted by molar-refractivity contribution is -0.158. The zero-order chi connectivity index (χ0) is 25.4. The Morgan fingerprint density at radius 1 is 1.06 bits per heavy atom. The fourth-order valence-electron chi connectivity index (χ4n) is 6.46. The van der Waals surface area contributed by atoms with Crippen LogP contribution >= 0.6 is 15.9 Å². The van der Waals surface area contributed by atoms with Gasteiger partial charge in [-0.2, -0.15) is 0 Å². The Balaban J connectivity index is 1.26. The third kappa shape index (κ3) is 3.92. The van der Waals surface area contributed by atoms with Crippen molar-refractivity contribution in [3.63, 3.8) is 0 Å². The van der Waals surface area contributed by atoms with E-state index >= 15 is 0 Å². The molecule has 9 heteroatoms. The molecule has 2 aromatic heterocycles. The molecule has 4 atom stereocenters. The quantitative estimate of drug-likeness (QED) is 0.483. The summed E-state index contributed by atoms with van der Waals surface area (Å²) in [5, 5.41) is 1.08. The molecule has 2 fully saturated rings. The highest BCUT2D eigenvalue weighted by molar-refractivity contribution is 9.10. The Bertz CT molecular complexity index is 1350. The van der Waals surface area contributed by atoms with E-state index in [9.17, 15) is 0 Å². The molecule has 1 saturated carbocycles. The van der Waals surface area contributed by atoms with Gasteiger partial charge in [0, 0.05) is 22.9 Å². The molecule has 1 aliphatic carbocycles. The molecule has 0 spiro atoms. The summed E-state index contributed by atoms with van der Waals surface area (Å²) in [4.78, 5) is 15.9. The Morgan fingerprint density at radius 2 is 1.83 bits per heavy atom. The summed E-state index contributed by atoms with van der Waals surface area (Å²) in [5.41, 5.74) is 15.4. The number of hydrogen-bond acceptors (Lipinski definition) is 8. The highest BCUT2D eigenvalue weighted by atomic mass is 79.9. The number of anilines is 3. The van der Waals surface area contributed by atoms with Crippen molar-refractivity contribution in [2.45, 2.75) is 76.4 Å². The van der Waals surface area contributed by atoms with E-state index in [4.69, 9.17) is 20.9 Å². The molecule has 0 unspecified atom stereocenters. The first kappa shape index (κ1) is 23.9. The summed E-state index contributed by atoms with van der Waals surface area (Å²) < 4.78 is 13.8. The molecule has 1 aromatic carbocycles. The van der Waals surface area contributed by atoms with E-state index in [0.29, 0.717) is 17.6 Å². The molecule has 6 rings (SSSR count). The molecule has 0 radical (unpaired) electrons.